The Balaban J connectivity index is 1.31. The standard InChI is InChI=1S/C36H26N2/c1-2-13-29(14-3-1)38-35(36-32-16-8-5-11-25(32)20-26-12-6-9-17-33(26)36)23-34(37-38)27-18-19-31-28(22-27)21-24-10-4-7-15-30(24)31/h1-20,22-23,35,37H,21H2. The molecule has 38 heavy (non-hydrogen) atoms. The number of nitrogens with one attached hydrogen (secondary N) is 1. The number of nitrogens with zero attached hydrogens (tertiary/aromatic N) is 1. The lowest BCUT2D eigenvalue weighted by molar-refractivity contribution is 0.731. The number of benzene rings is 6. The average Bonchev–Trinajstić information content (AvgIpc) is 3.58. The summed E-state index contributed by atoms with van der Waals surface area (Å²) >= 11 is 0. The van der Waals surface area contributed by atoms with Crippen LogP contribution < -0.4 is 10.4 Å². The summed E-state index contributed by atoms with van der Waals surface area (Å²) in [6.45, 7) is 0. The quantitative estimate of drug-likeness (QED) is 0.251. The zero-order valence-electron chi connectivity index (χ0n) is 20.9. The summed E-state index contributed by atoms with van der Waals surface area (Å²) in [4.78, 5) is 0. The Bertz CT molecular complexity index is 1830. The summed E-state index contributed by atoms with van der Waals surface area (Å²) in [5.74, 6) is 0. The number of hydrogen-bond donors (Lipinski definition) is 1. The fourth-order valence-corrected chi connectivity index (χ4v) is 6.34. The molecule has 1 aliphatic carbocycles. The molecule has 2 aliphatic rings. The summed E-state index contributed by atoms with van der Waals surface area (Å²) < 4.78 is 0. The van der Waals surface area contributed by atoms with E-state index in [-0.39, 0.29) is 6.04 Å². The van der Waals surface area contributed by atoms with Crippen molar-refractivity contribution in [1.29, 1.82) is 0 Å². The number of anilines is 1. The van der Waals surface area contributed by atoms with Crippen molar-refractivity contribution < 1.29 is 0 Å². The van der Waals surface area contributed by atoms with Gasteiger partial charge >= 0.3 is 0 Å². The van der Waals surface area contributed by atoms with E-state index in [9.17, 15) is 0 Å². The maximum Gasteiger partial charge on any atom is 0.0970 e. The van der Waals surface area contributed by atoms with E-state index in [0.717, 1.165) is 17.8 Å². The molecule has 0 spiro atoms. The van der Waals surface area contributed by atoms with Gasteiger partial charge in [0.2, 0.25) is 0 Å². The second-order valence-electron chi connectivity index (χ2n) is 10.3. The molecule has 1 heterocycles. The molecular formula is C36H26N2. The van der Waals surface area contributed by atoms with Crippen LogP contribution in [0.3, 0.4) is 0 Å². The first-order chi connectivity index (χ1) is 18.8. The van der Waals surface area contributed by atoms with Gasteiger partial charge in [-0.2, -0.15) is 0 Å². The van der Waals surface area contributed by atoms with E-state index in [1.807, 2.05) is 0 Å². The van der Waals surface area contributed by atoms with E-state index in [1.165, 1.54) is 54.9 Å². The normalized spacial score (nSPS) is 15.8. The van der Waals surface area contributed by atoms with E-state index >= 15 is 0 Å². The molecule has 2 nitrogen and oxygen atoms in total. The second kappa shape index (κ2) is 8.36. The van der Waals surface area contributed by atoms with Gasteiger partial charge in [0.1, 0.15) is 0 Å². The molecule has 1 N–H and O–H groups in total. The molecule has 1 unspecified atom stereocenters. The molecule has 6 aromatic rings. The molecule has 6 aromatic carbocycles. The SMILES string of the molecule is C1=C(c2ccc3c(c2)Cc2ccccc2-3)NN(c2ccccc2)C1c1c2ccccc2cc2ccccc12. The molecule has 0 bridgehead atoms. The first kappa shape index (κ1) is 21.3. The van der Waals surface area contributed by atoms with Gasteiger partial charge in [0.15, 0.2) is 0 Å². The van der Waals surface area contributed by atoms with Gasteiger partial charge < -0.3 is 0 Å². The predicted molar refractivity (Wildman–Crippen MR) is 159 cm³/mol. The molecule has 1 aliphatic heterocycles. The van der Waals surface area contributed by atoms with Crippen LogP contribution >= 0.6 is 0 Å². The number of hydrogen-bond acceptors (Lipinski definition) is 2. The van der Waals surface area contributed by atoms with Crippen molar-refractivity contribution in [1.82, 2.24) is 5.43 Å². The zero-order chi connectivity index (χ0) is 25.1. The first-order valence-electron chi connectivity index (χ1n) is 13.3. The van der Waals surface area contributed by atoms with Gasteiger partial charge in [-0.3, -0.25) is 10.4 Å². The Labute approximate surface area is 222 Å². The van der Waals surface area contributed by atoms with Crippen molar-refractivity contribution in [3.8, 4) is 11.1 Å². The summed E-state index contributed by atoms with van der Waals surface area (Å²) in [7, 11) is 0. The van der Waals surface area contributed by atoms with Crippen molar-refractivity contribution in [3.63, 3.8) is 0 Å². The number of fused-ring (bicyclic) bond motifs is 5. The Hall–Kier alpha value is -4.82. The Morgan fingerprint density at radius 2 is 1.24 bits per heavy atom. The van der Waals surface area contributed by atoms with E-state index < -0.39 is 0 Å². The second-order valence-corrected chi connectivity index (χ2v) is 10.3. The van der Waals surface area contributed by atoms with Gasteiger partial charge in [-0.15, -0.1) is 0 Å². The van der Waals surface area contributed by atoms with Crippen LogP contribution in [0, 0.1) is 0 Å². The average molecular weight is 487 g/mol. The molecule has 0 saturated carbocycles. The van der Waals surface area contributed by atoms with Crippen molar-refractivity contribution in [3.05, 3.63) is 156 Å². The summed E-state index contributed by atoms with van der Waals surface area (Å²) in [5.41, 5.74) is 14.2. The minimum absolute atomic E-state index is 0.0360. The molecule has 0 radical (unpaired) electrons. The van der Waals surface area contributed by atoms with Crippen LogP contribution in [0.4, 0.5) is 5.69 Å². The van der Waals surface area contributed by atoms with E-state index in [4.69, 9.17) is 0 Å². The maximum atomic E-state index is 3.81. The summed E-state index contributed by atoms with van der Waals surface area (Å²) in [6, 6.07) is 46.3. The third kappa shape index (κ3) is 3.27. The van der Waals surface area contributed by atoms with Gasteiger partial charge in [0.25, 0.3) is 0 Å². The molecule has 0 amide bonds. The van der Waals surface area contributed by atoms with Crippen molar-refractivity contribution in [2.24, 2.45) is 0 Å². The van der Waals surface area contributed by atoms with E-state index in [2.05, 4.69) is 144 Å². The van der Waals surface area contributed by atoms with E-state index in [1.54, 1.807) is 0 Å². The summed E-state index contributed by atoms with van der Waals surface area (Å²) in [6.07, 6.45) is 3.40. The van der Waals surface area contributed by atoms with Gasteiger partial charge in [-0.1, -0.05) is 103 Å². The molecular weight excluding hydrogens is 460 g/mol. The fourth-order valence-electron chi connectivity index (χ4n) is 6.34. The van der Waals surface area contributed by atoms with Gasteiger partial charge in [-0.05, 0) is 91.7 Å². The minimum atomic E-state index is 0.0360. The number of rotatable bonds is 3. The van der Waals surface area contributed by atoms with Crippen LogP contribution in [0.25, 0.3) is 38.4 Å². The predicted octanol–water partition coefficient (Wildman–Crippen LogP) is 8.67. The van der Waals surface area contributed by atoms with Crippen LogP contribution in [0.5, 0.6) is 0 Å². The highest BCUT2D eigenvalue weighted by Crippen LogP contribution is 2.43. The van der Waals surface area contributed by atoms with Crippen LogP contribution in [0.1, 0.15) is 28.3 Å². The molecule has 0 saturated heterocycles. The van der Waals surface area contributed by atoms with Crippen LogP contribution in [0.2, 0.25) is 0 Å². The zero-order valence-corrected chi connectivity index (χ0v) is 20.9. The van der Waals surface area contributed by atoms with Gasteiger partial charge in [0.05, 0.1) is 17.4 Å². The molecule has 0 fully saturated rings. The number of hydrazine groups is 1. The minimum Gasteiger partial charge on any atom is -0.297 e. The van der Waals surface area contributed by atoms with Gasteiger partial charge in [-0.25, -0.2) is 0 Å². The highest BCUT2D eigenvalue weighted by molar-refractivity contribution is 6.03. The third-order valence-corrected chi connectivity index (χ3v) is 8.09. The first-order valence-corrected chi connectivity index (χ1v) is 13.3. The summed E-state index contributed by atoms with van der Waals surface area (Å²) in [5, 5.41) is 7.45. The Kier molecular flexibility index (Phi) is 4.68. The van der Waals surface area contributed by atoms with Crippen molar-refractivity contribution in [2.45, 2.75) is 12.5 Å². The molecule has 8 rings (SSSR count). The highest BCUT2D eigenvalue weighted by atomic mass is 15.5. The maximum absolute atomic E-state index is 3.81. The largest absolute Gasteiger partial charge is 0.297 e. The molecule has 1 atom stereocenters. The monoisotopic (exact) mass is 486 g/mol. The van der Waals surface area contributed by atoms with Crippen LogP contribution in [0.15, 0.2) is 133 Å². The molecule has 2 heteroatoms. The van der Waals surface area contributed by atoms with Crippen LogP contribution in [-0.2, 0) is 6.42 Å². The molecule has 0 aromatic heterocycles. The number of para-hydroxylation sites is 1. The Morgan fingerprint density at radius 3 is 2.03 bits per heavy atom. The third-order valence-electron chi connectivity index (χ3n) is 8.09. The smallest absolute Gasteiger partial charge is 0.0970 e. The highest BCUT2D eigenvalue weighted by Gasteiger charge is 2.30. The van der Waals surface area contributed by atoms with Crippen molar-refractivity contribution in [2.75, 3.05) is 5.01 Å². The Morgan fingerprint density at radius 1 is 0.579 bits per heavy atom. The van der Waals surface area contributed by atoms with E-state index in [0.29, 0.717) is 0 Å². The fraction of sp³-hybridized carbons (Fsp3) is 0.0556. The lowest BCUT2D eigenvalue weighted by Gasteiger charge is -2.29. The lowest BCUT2D eigenvalue weighted by Crippen LogP contribution is -2.34. The lowest BCUT2D eigenvalue weighted by atomic mass is 9.91. The van der Waals surface area contributed by atoms with Crippen LogP contribution in [-0.4, -0.2) is 0 Å². The van der Waals surface area contributed by atoms with Crippen molar-refractivity contribution >= 4 is 32.9 Å². The van der Waals surface area contributed by atoms with Gasteiger partial charge in [0, 0.05) is 0 Å². The molecule has 180 valence electrons. The topological polar surface area (TPSA) is 15.3 Å².